The lowest BCUT2D eigenvalue weighted by molar-refractivity contribution is -0.124. The van der Waals surface area contributed by atoms with Crippen molar-refractivity contribution in [1.82, 2.24) is 25.1 Å². The highest BCUT2D eigenvalue weighted by Gasteiger charge is 2.35. The van der Waals surface area contributed by atoms with E-state index in [0.29, 0.717) is 25.2 Å². The average Bonchev–Trinajstić information content (AvgIpc) is 2.96. The molecule has 34 heavy (non-hydrogen) atoms. The number of carbonyl (C=O) groups is 2. The lowest BCUT2D eigenvalue weighted by Gasteiger charge is -2.29. The van der Waals surface area contributed by atoms with Crippen molar-refractivity contribution in [1.29, 1.82) is 0 Å². The Bertz CT molecular complexity index is 1090. The van der Waals surface area contributed by atoms with Gasteiger partial charge in [0.05, 0.1) is 11.3 Å². The highest BCUT2D eigenvalue weighted by molar-refractivity contribution is 5.97. The molecule has 186 valence electrons. The number of amides is 2. The summed E-state index contributed by atoms with van der Waals surface area (Å²) >= 11 is 0. The fourth-order valence-corrected chi connectivity index (χ4v) is 4.10. The van der Waals surface area contributed by atoms with Gasteiger partial charge in [0.15, 0.2) is 5.69 Å². The molecule has 2 amide bonds. The summed E-state index contributed by atoms with van der Waals surface area (Å²) in [7, 11) is 3.38. The molecule has 1 aliphatic rings. The number of nitrogens with one attached hydrogen (secondary N) is 2. The molecule has 2 aromatic rings. The van der Waals surface area contributed by atoms with Gasteiger partial charge < -0.3 is 20.1 Å². The third-order valence-electron chi connectivity index (χ3n) is 5.99. The second kappa shape index (κ2) is 9.40. The first-order valence-electron chi connectivity index (χ1n) is 11.2. The summed E-state index contributed by atoms with van der Waals surface area (Å²) in [6, 6.07) is 2.29. The molecule has 0 spiro atoms. The van der Waals surface area contributed by atoms with Gasteiger partial charge in [-0.25, -0.2) is 18.2 Å². The predicted octanol–water partition coefficient (Wildman–Crippen LogP) is 3.53. The first kappa shape index (κ1) is 25.7. The fourth-order valence-electron chi connectivity index (χ4n) is 4.10. The Hall–Kier alpha value is -2.88. The smallest absolute Gasteiger partial charge is 0.272 e. The SMILES string of the molecule is CNC(=O)C(NC(=O)c1nc(-c2cc(C(C)(F)F)ccc2F)n2c1CN(C)CCC2)C(C)(C)C. The van der Waals surface area contributed by atoms with Crippen LogP contribution in [0, 0.1) is 11.2 Å². The maximum Gasteiger partial charge on any atom is 0.272 e. The number of hydrogen-bond donors (Lipinski definition) is 2. The van der Waals surface area contributed by atoms with E-state index >= 15 is 0 Å². The van der Waals surface area contributed by atoms with Crippen molar-refractivity contribution in [3.63, 3.8) is 0 Å². The van der Waals surface area contributed by atoms with Gasteiger partial charge in [0, 0.05) is 32.6 Å². The molecular formula is C24H32F3N5O2. The maximum absolute atomic E-state index is 14.9. The third-order valence-corrected chi connectivity index (χ3v) is 5.99. The van der Waals surface area contributed by atoms with Crippen molar-refractivity contribution >= 4 is 11.8 Å². The molecule has 0 saturated carbocycles. The molecule has 0 radical (unpaired) electrons. The monoisotopic (exact) mass is 479 g/mol. The number of fused-ring (bicyclic) bond motifs is 1. The molecule has 1 atom stereocenters. The van der Waals surface area contributed by atoms with Crippen LogP contribution in [0.2, 0.25) is 0 Å². The molecular weight excluding hydrogens is 447 g/mol. The normalized spacial score (nSPS) is 15.9. The lowest BCUT2D eigenvalue weighted by Crippen LogP contribution is -2.53. The van der Waals surface area contributed by atoms with Crippen molar-refractivity contribution in [3.8, 4) is 11.4 Å². The standard InChI is InChI=1S/C24H32F3N5O2/c1-23(2,3)19(22(34)28-5)30-21(33)18-17-13-31(6)10-7-11-32(17)20(29-18)15-12-14(24(4,26)27)8-9-16(15)25/h8-9,12,19H,7,10-11,13H2,1-6H3,(H,28,34)(H,30,33). The van der Waals surface area contributed by atoms with Gasteiger partial charge in [0.1, 0.15) is 17.7 Å². The van der Waals surface area contributed by atoms with Crippen LogP contribution in [0.15, 0.2) is 18.2 Å². The minimum atomic E-state index is -3.16. The van der Waals surface area contributed by atoms with E-state index in [-0.39, 0.29) is 28.6 Å². The number of benzene rings is 1. The van der Waals surface area contributed by atoms with E-state index in [0.717, 1.165) is 31.7 Å². The van der Waals surface area contributed by atoms with Crippen molar-refractivity contribution < 1.29 is 22.8 Å². The first-order valence-corrected chi connectivity index (χ1v) is 11.2. The zero-order chi connectivity index (χ0) is 25.4. The van der Waals surface area contributed by atoms with E-state index in [9.17, 15) is 22.8 Å². The van der Waals surface area contributed by atoms with Gasteiger partial charge in [-0.1, -0.05) is 26.8 Å². The van der Waals surface area contributed by atoms with Crippen LogP contribution in [0.3, 0.4) is 0 Å². The highest BCUT2D eigenvalue weighted by Crippen LogP contribution is 2.34. The first-order chi connectivity index (χ1) is 15.7. The number of carbonyl (C=O) groups excluding carboxylic acids is 2. The van der Waals surface area contributed by atoms with Gasteiger partial charge in [-0.15, -0.1) is 0 Å². The Morgan fingerprint density at radius 1 is 1.15 bits per heavy atom. The number of halogens is 3. The van der Waals surface area contributed by atoms with E-state index in [1.165, 1.54) is 7.05 Å². The Kier molecular flexibility index (Phi) is 7.12. The summed E-state index contributed by atoms with van der Waals surface area (Å²) < 4.78 is 44.5. The van der Waals surface area contributed by atoms with Crippen molar-refractivity contribution in [2.24, 2.45) is 5.41 Å². The van der Waals surface area contributed by atoms with E-state index < -0.39 is 29.1 Å². The topological polar surface area (TPSA) is 79.3 Å². The summed E-state index contributed by atoms with van der Waals surface area (Å²) in [5, 5.41) is 5.32. The Labute approximate surface area is 197 Å². The van der Waals surface area contributed by atoms with Gasteiger partial charge >= 0.3 is 0 Å². The summed E-state index contributed by atoms with van der Waals surface area (Å²) in [4.78, 5) is 32.3. The van der Waals surface area contributed by atoms with Crippen LogP contribution < -0.4 is 10.6 Å². The quantitative estimate of drug-likeness (QED) is 0.688. The van der Waals surface area contributed by atoms with Gasteiger partial charge in [-0.2, -0.15) is 0 Å². The highest BCUT2D eigenvalue weighted by atomic mass is 19.3. The van der Waals surface area contributed by atoms with Crippen LogP contribution in [0.1, 0.15) is 55.9 Å². The molecule has 1 unspecified atom stereocenters. The van der Waals surface area contributed by atoms with Gasteiger partial charge in [-0.05, 0) is 37.6 Å². The molecule has 10 heteroatoms. The molecule has 1 aromatic heterocycles. The largest absolute Gasteiger partial charge is 0.357 e. The molecule has 0 fully saturated rings. The van der Waals surface area contributed by atoms with Crippen molar-refractivity contribution in [3.05, 3.63) is 41.0 Å². The second-order valence-electron chi connectivity index (χ2n) is 9.94. The molecule has 0 saturated heterocycles. The molecule has 7 nitrogen and oxygen atoms in total. The lowest BCUT2D eigenvalue weighted by atomic mass is 9.86. The average molecular weight is 480 g/mol. The Morgan fingerprint density at radius 3 is 2.41 bits per heavy atom. The third kappa shape index (κ3) is 5.27. The fraction of sp³-hybridized carbons (Fsp3) is 0.542. The number of alkyl halides is 2. The summed E-state index contributed by atoms with van der Waals surface area (Å²) in [6.07, 6.45) is 0.710. The predicted molar refractivity (Wildman–Crippen MR) is 123 cm³/mol. The van der Waals surface area contributed by atoms with Crippen LogP contribution in [0.5, 0.6) is 0 Å². The van der Waals surface area contributed by atoms with Gasteiger partial charge in [0.25, 0.3) is 11.8 Å². The van der Waals surface area contributed by atoms with Gasteiger partial charge in [-0.3, -0.25) is 9.59 Å². The van der Waals surface area contributed by atoms with Crippen molar-refractivity contribution in [2.75, 3.05) is 20.6 Å². The number of likely N-dealkylation sites (N-methyl/N-ethyl adjacent to an activating group) is 1. The van der Waals surface area contributed by atoms with Crippen LogP contribution in [-0.4, -0.2) is 52.9 Å². The zero-order valence-corrected chi connectivity index (χ0v) is 20.4. The molecule has 0 aliphatic carbocycles. The molecule has 0 bridgehead atoms. The molecule has 1 aromatic carbocycles. The van der Waals surface area contributed by atoms with E-state index in [4.69, 9.17) is 0 Å². The summed E-state index contributed by atoms with van der Waals surface area (Å²) in [6.45, 7) is 7.76. The van der Waals surface area contributed by atoms with Crippen LogP contribution in [0.25, 0.3) is 11.4 Å². The minimum Gasteiger partial charge on any atom is -0.357 e. The van der Waals surface area contributed by atoms with Crippen molar-refractivity contribution in [2.45, 2.75) is 59.2 Å². The Morgan fingerprint density at radius 2 is 1.82 bits per heavy atom. The number of hydrogen-bond acceptors (Lipinski definition) is 4. The van der Waals surface area contributed by atoms with E-state index in [2.05, 4.69) is 15.6 Å². The zero-order valence-electron chi connectivity index (χ0n) is 20.4. The molecule has 2 N–H and O–H groups in total. The molecule has 3 rings (SSSR count). The van der Waals surface area contributed by atoms with E-state index in [1.807, 2.05) is 32.7 Å². The van der Waals surface area contributed by atoms with Crippen LogP contribution in [-0.2, 0) is 23.8 Å². The van der Waals surface area contributed by atoms with Crippen LogP contribution in [0.4, 0.5) is 13.2 Å². The van der Waals surface area contributed by atoms with E-state index in [1.54, 1.807) is 4.57 Å². The minimum absolute atomic E-state index is 0.0509. The number of nitrogens with zero attached hydrogens (tertiary/aromatic N) is 3. The molecule has 2 heterocycles. The summed E-state index contributed by atoms with van der Waals surface area (Å²) in [5.41, 5.74) is -0.424. The number of rotatable bonds is 5. The maximum atomic E-state index is 14.9. The molecule has 1 aliphatic heterocycles. The Balaban J connectivity index is 2.14. The second-order valence-corrected chi connectivity index (χ2v) is 9.94. The van der Waals surface area contributed by atoms with Gasteiger partial charge in [0.2, 0.25) is 5.91 Å². The summed E-state index contributed by atoms with van der Waals surface area (Å²) in [5.74, 6) is -4.68. The van der Waals surface area contributed by atoms with Crippen LogP contribution >= 0.6 is 0 Å². The number of imidazole rings is 1. The number of aromatic nitrogens is 2.